The second kappa shape index (κ2) is 8.92. The molecule has 1 unspecified atom stereocenters. The fourth-order valence-electron chi connectivity index (χ4n) is 3.08. The van der Waals surface area contributed by atoms with E-state index in [-0.39, 0.29) is 17.7 Å². The van der Waals surface area contributed by atoms with Crippen LogP contribution in [0.1, 0.15) is 35.5 Å². The largest absolute Gasteiger partial charge is 0.358 e. The van der Waals surface area contributed by atoms with Crippen LogP contribution in [0.2, 0.25) is 5.02 Å². The maximum Gasteiger partial charge on any atom is 0.262 e. The summed E-state index contributed by atoms with van der Waals surface area (Å²) in [6.45, 7) is 5.66. The highest BCUT2D eigenvalue weighted by Gasteiger charge is 2.24. The summed E-state index contributed by atoms with van der Waals surface area (Å²) < 4.78 is 0. The van der Waals surface area contributed by atoms with Gasteiger partial charge < -0.3 is 10.3 Å². The number of hydrogen-bond donors (Lipinski definition) is 3. The predicted molar refractivity (Wildman–Crippen MR) is 116 cm³/mol. The summed E-state index contributed by atoms with van der Waals surface area (Å²) in [7, 11) is 0. The van der Waals surface area contributed by atoms with Crippen molar-refractivity contribution in [2.75, 3.05) is 0 Å². The highest BCUT2D eigenvalue weighted by molar-refractivity contribution is 6.31. The van der Waals surface area contributed by atoms with E-state index in [2.05, 4.69) is 20.8 Å². The summed E-state index contributed by atoms with van der Waals surface area (Å²) in [6.07, 6.45) is 1.61. The van der Waals surface area contributed by atoms with Gasteiger partial charge in [-0.15, -0.1) is 0 Å². The molecule has 0 aliphatic heterocycles. The zero-order valence-corrected chi connectivity index (χ0v) is 17.2. The Labute approximate surface area is 174 Å². The maximum atomic E-state index is 12.6. The number of aryl methyl sites for hydroxylation is 1. The minimum atomic E-state index is -0.734. The lowest BCUT2D eigenvalue weighted by molar-refractivity contribution is -0.123. The van der Waals surface area contributed by atoms with Crippen LogP contribution in [0.5, 0.6) is 0 Å². The Balaban J connectivity index is 1.70. The van der Waals surface area contributed by atoms with Crippen molar-refractivity contribution < 1.29 is 9.59 Å². The summed E-state index contributed by atoms with van der Waals surface area (Å²) in [5, 5.41) is 8.35. The van der Waals surface area contributed by atoms with E-state index in [9.17, 15) is 9.59 Å². The van der Waals surface area contributed by atoms with Crippen LogP contribution in [0.4, 0.5) is 0 Å². The van der Waals surface area contributed by atoms with Crippen LogP contribution in [-0.2, 0) is 4.79 Å². The number of nitrogens with one attached hydrogen (secondary N) is 3. The lowest BCUT2D eigenvalue weighted by Gasteiger charge is -2.20. The van der Waals surface area contributed by atoms with Crippen molar-refractivity contribution >= 4 is 40.5 Å². The zero-order valence-electron chi connectivity index (χ0n) is 16.5. The van der Waals surface area contributed by atoms with Crippen LogP contribution in [0.15, 0.2) is 53.6 Å². The van der Waals surface area contributed by atoms with Gasteiger partial charge in [0, 0.05) is 32.7 Å². The molecule has 0 radical (unpaired) electrons. The van der Waals surface area contributed by atoms with Gasteiger partial charge in [-0.3, -0.25) is 9.59 Å². The van der Waals surface area contributed by atoms with Gasteiger partial charge in [-0.25, -0.2) is 5.43 Å². The number of fused-ring (bicyclic) bond motifs is 1. The summed E-state index contributed by atoms with van der Waals surface area (Å²) in [4.78, 5) is 28.4. The number of benzene rings is 2. The number of carbonyl (C=O) groups is 2. The Bertz CT molecular complexity index is 1070. The van der Waals surface area contributed by atoms with Crippen LogP contribution < -0.4 is 10.7 Å². The number of nitrogens with zero attached hydrogens (tertiary/aromatic N) is 1. The van der Waals surface area contributed by atoms with Crippen molar-refractivity contribution in [1.82, 2.24) is 15.7 Å². The molecule has 0 fully saturated rings. The van der Waals surface area contributed by atoms with Gasteiger partial charge in [0.2, 0.25) is 0 Å². The second-order valence-electron chi connectivity index (χ2n) is 7.15. The Morgan fingerprint density at radius 2 is 1.90 bits per heavy atom. The van der Waals surface area contributed by atoms with Crippen molar-refractivity contribution in [2.45, 2.75) is 26.8 Å². The molecule has 2 aromatic carbocycles. The Hall–Kier alpha value is -3.12. The first-order chi connectivity index (χ1) is 13.9. The molecule has 0 aliphatic rings. The van der Waals surface area contributed by atoms with Crippen molar-refractivity contribution in [1.29, 1.82) is 0 Å². The standard InChI is InChI=1S/C22H23ClN4O2/c1-13(2)20(26-21(28)15-7-6-8-16(23)11-15)22(29)27-24-12-18-14(3)25-19-10-5-4-9-17(18)19/h4-13,20,25H,1-3H3,(H,26,28)(H,27,29)/b24-12+. The third kappa shape index (κ3) is 4.84. The molecule has 0 aliphatic carbocycles. The molecule has 7 heteroatoms. The fourth-order valence-corrected chi connectivity index (χ4v) is 3.27. The number of rotatable bonds is 6. The first-order valence-electron chi connectivity index (χ1n) is 9.33. The van der Waals surface area contributed by atoms with Gasteiger partial charge in [0.05, 0.1) is 6.21 Å². The van der Waals surface area contributed by atoms with Gasteiger partial charge in [-0.05, 0) is 37.1 Å². The van der Waals surface area contributed by atoms with E-state index in [1.54, 1.807) is 30.5 Å². The molecule has 0 saturated heterocycles. The number of carbonyl (C=O) groups excluding carboxylic acids is 2. The highest BCUT2D eigenvalue weighted by Crippen LogP contribution is 2.19. The van der Waals surface area contributed by atoms with Crippen molar-refractivity contribution in [3.8, 4) is 0 Å². The van der Waals surface area contributed by atoms with Crippen LogP contribution >= 0.6 is 11.6 Å². The molecule has 3 N–H and O–H groups in total. The molecule has 1 heterocycles. The molecule has 0 saturated carbocycles. The van der Waals surface area contributed by atoms with E-state index in [0.717, 1.165) is 22.2 Å². The van der Waals surface area contributed by atoms with E-state index < -0.39 is 6.04 Å². The van der Waals surface area contributed by atoms with Crippen molar-refractivity contribution in [2.24, 2.45) is 11.0 Å². The van der Waals surface area contributed by atoms with Gasteiger partial charge in [-0.2, -0.15) is 5.10 Å². The van der Waals surface area contributed by atoms with Crippen LogP contribution in [0.25, 0.3) is 10.9 Å². The molecule has 6 nitrogen and oxygen atoms in total. The molecule has 150 valence electrons. The van der Waals surface area contributed by atoms with Gasteiger partial charge in [0.1, 0.15) is 6.04 Å². The third-order valence-electron chi connectivity index (χ3n) is 4.63. The van der Waals surface area contributed by atoms with E-state index >= 15 is 0 Å². The number of hydrazone groups is 1. The normalized spacial score (nSPS) is 12.4. The van der Waals surface area contributed by atoms with Crippen LogP contribution in [0, 0.1) is 12.8 Å². The van der Waals surface area contributed by atoms with E-state index in [1.165, 1.54) is 0 Å². The number of amides is 2. The molecule has 0 bridgehead atoms. The molecule has 0 spiro atoms. The number of halogens is 1. The first-order valence-corrected chi connectivity index (χ1v) is 9.71. The first kappa shape index (κ1) is 20.6. The molecule has 2 amide bonds. The lowest BCUT2D eigenvalue weighted by Crippen LogP contribution is -2.48. The van der Waals surface area contributed by atoms with Gasteiger partial charge in [0.25, 0.3) is 11.8 Å². The quantitative estimate of drug-likeness (QED) is 0.423. The van der Waals surface area contributed by atoms with Crippen molar-refractivity contribution in [3.63, 3.8) is 0 Å². The minimum Gasteiger partial charge on any atom is -0.358 e. The number of hydrogen-bond acceptors (Lipinski definition) is 3. The van der Waals surface area contributed by atoms with Gasteiger partial charge in [-0.1, -0.05) is 49.7 Å². The summed E-state index contributed by atoms with van der Waals surface area (Å²) >= 11 is 5.94. The smallest absolute Gasteiger partial charge is 0.262 e. The van der Waals surface area contributed by atoms with Gasteiger partial charge >= 0.3 is 0 Å². The van der Waals surface area contributed by atoms with E-state index in [1.807, 2.05) is 45.0 Å². The molecule has 29 heavy (non-hydrogen) atoms. The summed E-state index contributed by atoms with van der Waals surface area (Å²) in [5.74, 6) is -0.870. The molecular formula is C22H23ClN4O2. The summed E-state index contributed by atoms with van der Waals surface area (Å²) in [5.41, 5.74) is 5.81. The predicted octanol–water partition coefficient (Wildman–Crippen LogP) is 4.03. The molecule has 1 atom stereocenters. The summed E-state index contributed by atoms with van der Waals surface area (Å²) in [6, 6.07) is 13.7. The number of para-hydroxylation sites is 1. The molecular weight excluding hydrogens is 388 g/mol. The molecule has 1 aromatic heterocycles. The Kier molecular flexibility index (Phi) is 6.34. The Morgan fingerprint density at radius 3 is 2.62 bits per heavy atom. The number of H-pyrrole nitrogens is 1. The Morgan fingerprint density at radius 1 is 1.14 bits per heavy atom. The lowest BCUT2D eigenvalue weighted by atomic mass is 10.0. The SMILES string of the molecule is Cc1[nH]c2ccccc2c1/C=N/NC(=O)C(NC(=O)c1cccc(Cl)c1)C(C)C. The number of aromatic amines is 1. The molecule has 3 aromatic rings. The average Bonchev–Trinajstić information content (AvgIpc) is 3.01. The van der Waals surface area contributed by atoms with Crippen LogP contribution in [0.3, 0.4) is 0 Å². The second-order valence-corrected chi connectivity index (χ2v) is 7.59. The van der Waals surface area contributed by atoms with Gasteiger partial charge in [0.15, 0.2) is 0 Å². The van der Waals surface area contributed by atoms with E-state index in [0.29, 0.717) is 10.6 Å². The highest BCUT2D eigenvalue weighted by atomic mass is 35.5. The fraction of sp³-hybridized carbons (Fsp3) is 0.227. The zero-order chi connectivity index (χ0) is 21.0. The van der Waals surface area contributed by atoms with Crippen LogP contribution in [-0.4, -0.2) is 29.1 Å². The maximum absolute atomic E-state index is 12.6. The molecule has 3 rings (SSSR count). The average molecular weight is 411 g/mol. The minimum absolute atomic E-state index is 0.122. The third-order valence-corrected chi connectivity index (χ3v) is 4.87. The number of aromatic nitrogens is 1. The topological polar surface area (TPSA) is 86.3 Å². The van der Waals surface area contributed by atoms with E-state index in [4.69, 9.17) is 11.6 Å². The van der Waals surface area contributed by atoms with Crippen molar-refractivity contribution in [3.05, 3.63) is 70.4 Å². The monoisotopic (exact) mass is 410 g/mol.